The second-order valence-electron chi connectivity index (χ2n) is 4.18. The SMILES string of the molecule is Cc1ccc(CN(C)S(=O)(=O)c2cn[nH]c2)cc1. The second-order valence-corrected chi connectivity index (χ2v) is 6.23. The lowest BCUT2D eigenvalue weighted by Crippen LogP contribution is -2.26. The van der Waals surface area contributed by atoms with Gasteiger partial charge in [0, 0.05) is 19.8 Å². The Morgan fingerprint density at radius 3 is 2.50 bits per heavy atom. The van der Waals surface area contributed by atoms with Crippen LogP contribution in [0.25, 0.3) is 0 Å². The van der Waals surface area contributed by atoms with Gasteiger partial charge in [-0.2, -0.15) is 9.40 Å². The van der Waals surface area contributed by atoms with E-state index in [2.05, 4.69) is 10.2 Å². The first-order valence-corrected chi connectivity index (χ1v) is 6.95. The Kier molecular flexibility index (Phi) is 3.49. The van der Waals surface area contributed by atoms with Crippen molar-refractivity contribution in [3.63, 3.8) is 0 Å². The Hall–Kier alpha value is -1.66. The highest BCUT2D eigenvalue weighted by atomic mass is 32.2. The number of hydrogen-bond acceptors (Lipinski definition) is 3. The summed E-state index contributed by atoms with van der Waals surface area (Å²) < 4.78 is 25.6. The van der Waals surface area contributed by atoms with Crippen LogP contribution in [0.4, 0.5) is 0 Å². The summed E-state index contributed by atoms with van der Waals surface area (Å²) >= 11 is 0. The van der Waals surface area contributed by atoms with E-state index < -0.39 is 10.0 Å². The fraction of sp³-hybridized carbons (Fsp3) is 0.250. The van der Waals surface area contributed by atoms with Gasteiger partial charge in [0.2, 0.25) is 10.0 Å². The van der Waals surface area contributed by atoms with Gasteiger partial charge >= 0.3 is 0 Å². The summed E-state index contributed by atoms with van der Waals surface area (Å²) in [5.74, 6) is 0. The highest BCUT2D eigenvalue weighted by molar-refractivity contribution is 7.89. The molecule has 0 radical (unpaired) electrons. The summed E-state index contributed by atoms with van der Waals surface area (Å²) in [6, 6.07) is 7.79. The summed E-state index contributed by atoms with van der Waals surface area (Å²) in [4.78, 5) is 0.178. The van der Waals surface area contributed by atoms with Crippen LogP contribution in [-0.2, 0) is 16.6 Å². The summed E-state index contributed by atoms with van der Waals surface area (Å²) in [7, 11) is -1.91. The van der Waals surface area contributed by atoms with Crippen molar-refractivity contribution in [1.82, 2.24) is 14.5 Å². The van der Waals surface area contributed by atoms with Crippen LogP contribution in [0.2, 0.25) is 0 Å². The molecule has 6 heteroatoms. The second kappa shape index (κ2) is 4.91. The molecule has 0 aliphatic heterocycles. The largest absolute Gasteiger partial charge is 0.284 e. The lowest BCUT2D eigenvalue weighted by Gasteiger charge is -2.16. The molecule has 5 nitrogen and oxygen atoms in total. The molecule has 1 aromatic carbocycles. The molecular formula is C12H15N3O2S. The first-order valence-electron chi connectivity index (χ1n) is 5.51. The molecule has 0 aliphatic rings. The molecule has 0 atom stereocenters. The summed E-state index contributed by atoms with van der Waals surface area (Å²) in [5.41, 5.74) is 2.11. The van der Waals surface area contributed by atoms with Crippen LogP contribution < -0.4 is 0 Å². The monoisotopic (exact) mass is 265 g/mol. The predicted octanol–water partition coefficient (Wildman–Crippen LogP) is 1.54. The van der Waals surface area contributed by atoms with Crippen LogP contribution in [0.5, 0.6) is 0 Å². The number of sulfonamides is 1. The van der Waals surface area contributed by atoms with Gasteiger partial charge in [0.1, 0.15) is 4.90 Å². The minimum absolute atomic E-state index is 0.178. The zero-order valence-corrected chi connectivity index (χ0v) is 11.1. The minimum Gasteiger partial charge on any atom is -0.284 e. The van der Waals surface area contributed by atoms with Crippen LogP contribution >= 0.6 is 0 Å². The molecule has 0 unspecified atom stereocenters. The fourth-order valence-corrected chi connectivity index (χ4v) is 2.66. The van der Waals surface area contributed by atoms with Gasteiger partial charge in [-0.25, -0.2) is 8.42 Å². The van der Waals surface area contributed by atoms with E-state index in [9.17, 15) is 8.42 Å². The average molecular weight is 265 g/mol. The number of rotatable bonds is 4. The molecule has 0 fully saturated rings. The van der Waals surface area contributed by atoms with Crippen molar-refractivity contribution in [2.24, 2.45) is 0 Å². The molecule has 2 aromatic rings. The molecule has 0 saturated carbocycles. The number of nitrogens with one attached hydrogen (secondary N) is 1. The van der Waals surface area contributed by atoms with Crippen LogP contribution in [0.15, 0.2) is 41.6 Å². The number of nitrogens with zero attached hydrogens (tertiary/aromatic N) is 2. The van der Waals surface area contributed by atoms with Crippen molar-refractivity contribution >= 4 is 10.0 Å². The Labute approximate surface area is 107 Å². The molecule has 18 heavy (non-hydrogen) atoms. The van der Waals surface area contributed by atoms with E-state index in [0.717, 1.165) is 11.1 Å². The molecule has 2 rings (SSSR count). The van der Waals surface area contributed by atoms with Gasteiger partial charge < -0.3 is 0 Å². The Morgan fingerprint density at radius 2 is 1.94 bits per heavy atom. The molecule has 96 valence electrons. The van der Waals surface area contributed by atoms with Gasteiger partial charge in [-0.15, -0.1) is 0 Å². The maximum absolute atomic E-state index is 12.1. The lowest BCUT2D eigenvalue weighted by molar-refractivity contribution is 0.467. The van der Waals surface area contributed by atoms with E-state index in [4.69, 9.17) is 0 Å². The van der Waals surface area contributed by atoms with Gasteiger partial charge in [0.25, 0.3) is 0 Å². The smallest absolute Gasteiger partial charge is 0.246 e. The number of benzene rings is 1. The molecule has 0 spiro atoms. The van der Waals surface area contributed by atoms with E-state index >= 15 is 0 Å². The molecule has 0 bridgehead atoms. The fourth-order valence-electron chi connectivity index (χ4n) is 1.60. The molecule has 1 aromatic heterocycles. The molecule has 0 amide bonds. The zero-order chi connectivity index (χ0) is 13.2. The van der Waals surface area contributed by atoms with Gasteiger partial charge in [-0.3, -0.25) is 5.10 Å². The highest BCUT2D eigenvalue weighted by Crippen LogP contribution is 2.15. The molecule has 0 aliphatic carbocycles. The van der Waals surface area contributed by atoms with E-state index in [1.807, 2.05) is 31.2 Å². The van der Waals surface area contributed by atoms with Crippen molar-refractivity contribution in [1.29, 1.82) is 0 Å². The predicted molar refractivity (Wildman–Crippen MR) is 68.4 cm³/mol. The average Bonchev–Trinajstić information content (AvgIpc) is 2.86. The molecular weight excluding hydrogens is 250 g/mol. The van der Waals surface area contributed by atoms with Crippen molar-refractivity contribution < 1.29 is 8.42 Å². The van der Waals surface area contributed by atoms with Gasteiger partial charge in [-0.1, -0.05) is 29.8 Å². The van der Waals surface area contributed by atoms with E-state index in [0.29, 0.717) is 6.54 Å². The normalized spacial score (nSPS) is 11.9. The van der Waals surface area contributed by atoms with Crippen LogP contribution in [0.1, 0.15) is 11.1 Å². The third-order valence-corrected chi connectivity index (χ3v) is 4.48. The number of H-pyrrole nitrogens is 1. The topological polar surface area (TPSA) is 66.1 Å². The third-order valence-electron chi connectivity index (χ3n) is 2.71. The number of aryl methyl sites for hydroxylation is 1. The van der Waals surface area contributed by atoms with Crippen molar-refractivity contribution in [3.8, 4) is 0 Å². The van der Waals surface area contributed by atoms with E-state index in [1.54, 1.807) is 7.05 Å². The molecule has 1 heterocycles. The first-order chi connectivity index (χ1) is 8.50. The third kappa shape index (κ3) is 2.60. The summed E-state index contributed by atoms with van der Waals surface area (Å²) in [6.45, 7) is 2.34. The quantitative estimate of drug-likeness (QED) is 0.912. The first kappa shape index (κ1) is 12.8. The maximum Gasteiger partial charge on any atom is 0.246 e. The van der Waals surface area contributed by atoms with Crippen LogP contribution in [0, 0.1) is 6.92 Å². The molecule has 0 saturated heterocycles. The Bertz CT molecular complexity index is 603. The van der Waals surface area contributed by atoms with E-state index in [-0.39, 0.29) is 4.90 Å². The lowest BCUT2D eigenvalue weighted by atomic mass is 10.1. The Balaban J connectivity index is 2.17. The number of aromatic nitrogens is 2. The van der Waals surface area contributed by atoms with Crippen LogP contribution in [-0.4, -0.2) is 30.0 Å². The Morgan fingerprint density at radius 1 is 1.28 bits per heavy atom. The zero-order valence-electron chi connectivity index (χ0n) is 10.3. The van der Waals surface area contributed by atoms with Gasteiger partial charge in [0.15, 0.2) is 0 Å². The minimum atomic E-state index is -3.46. The summed E-state index contributed by atoms with van der Waals surface area (Å²) in [6.07, 6.45) is 2.68. The van der Waals surface area contributed by atoms with Crippen LogP contribution in [0.3, 0.4) is 0 Å². The van der Waals surface area contributed by atoms with E-state index in [1.165, 1.54) is 16.7 Å². The standard InChI is InChI=1S/C12H15N3O2S/c1-10-3-5-11(6-4-10)9-15(2)18(16,17)12-7-13-14-8-12/h3-8H,9H2,1-2H3,(H,13,14). The van der Waals surface area contributed by atoms with Crippen molar-refractivity contribution in [3.05, 3.63) is 47.8 Å². The van der Waals surface area contributed by atoms with Gasteiger partial charge in [-0.05, 0) is 12.5 Å². The van der Waals surface area contributed by atoms with Crippen molar-refractivity contribution in [2.75, 3.05) is 7.05 Å². The van der Waals surface area contributed by atoms with Crippen molar-refractivity contribution in [2.45, 2.75) is 18.4 Å². The highest BCUT2D eigenvalue weighted by Gasteiger charge is 2.21. The maximum atomic E-state index is 12.1. The number of hydrogen-bond donors (Lipinski definition) is 1. The molecule has 1 N–H and O–H groups in total. The summed E-state index contributed by atoms with van der Waals surface area (Å²) in [5, 5.41) is 6.16. The van der Waals surface area contributed by atoms with Gasteiger partial charge in [0.05, 0.1) is 6.20 Å². The number of aromatic amines is 1.